The lowest BCUT2D eigenvalue weighted by Gasteiger charge is -2.21. The fourth-order valence-corrected chi connectivity index (χ4v) is 3.73. The standard InChI is InChI=1S/C16H28N4OS.HI/c1-4-17-16(18-11-13-7-6-10-22-13)19-12-14(20(2)3)15-8-5-9-21-15;/h5,8-9,13-14H,4,6-7,10-12H2,1-3H3,(H2,17,18,19);1H. The van der Waals surface area contributed by atoms with E-state index in [0.717, 1.165) is 30.1 Å². The molecule has 1 fully saturated rings. The lowest BCUT2D eigenvalue weighted by Crippen LogP contribution is -2.40. The van der Waals surface area contributed by atoms with Crippen molar-refractivity contribution in [3.63, 3.8) is 0 Å². The molecular weight excluding hydrogens is 423 g/mol. The summed E-state index contributed by atoms with van der Waals surface area (Å²) < 4.78 is 5.54. The molecule has 5 nitrogen and oxygen atoms in total. The number of thioether (sulfide) groups is 1. The molecule has 1 aliphatic heterocycles. The quantitative estimate of drug-likeness (QED) is 0.379. The van der Waals surface area contributed by atoms with Crippen molar-refractivity contribution >= 4 is 41.7 Å². The van der Waals surface area contributed by atoms with Crippen LogP contribution in [0.25, 0.3) is 0 Å². The van der Waals surface area contributed by atoms with Crippen molar-refractivity contribution in [2.24, 2.45) is 4.99 Å². The number of nitrogens with zero attached hydrogens (tertiary/aromatic N) is 2. The molecule has 0 radical (unpaired) electrons. The Morgan fingerprint density at radius 3 is 2.87 bits per heavy atom. The average molecular weight is 452 g/mol. The Hall–Kier alpha value is -0.410. The minimum Gasteiger partial charge on any atom is -0.468 e. The van der Waals surface area contributed by atoms with Gasteiger partial charge in [0, 0.05) is 18.3 Å². The largest absolute Gasteiger partial charge is 0.468 e. The Morgan fingerprint density at radius 2 is 2.30 bits per heavy atom. The van der Waals surface area contributed by atoms with E-state index >= 15 is 0 Å². The summed E-state index contributed by atoms with van der Waals surface area (Å²) in [6.45, 7) is 4.63. The van der Waals surface area contributed by atoms with Crippen molar-refractivity contribution in [3.05, 3.63) is 24.2 Å². The zero-order valence-corrected chi connectivity index (χ0v) is 17.4. The molecule has 2 N–H and O–H groups in total. The molecule has 1 aliphatic rings. The first-order valence-electron chi connectivity index (χ1n) is 8.04. The van der Waals surface area contributed by atoms with Crippen LogP contribution in [0.3, 0.4) is 0 Å². The molecule has 0 saturated carbocycles. The molecule has 1 saturated heterocycles. The highest BCUT2D eigenvalue weighted by Crippen LogP contribution is 2.25. The topological polar surface area (TPSA) is 52.8 Å². The van der Waals surface area contributed by atoms with Gasteiger partial charge >= 0.3 is 0 Å². The van der Waals surface area contributed by atoms with Crippen LogP contribution < -0.4 is 10.6 Å². The van der Waals surface area contributed by atoms with Crippen LogP contribution in [0.2, 0.25) is 0 Å². The van der Waals surface area contributed by atoms with Crippen LogP contribution in [0.15, 0.2) is 27.8 Å². The van der Waals surface area contributed by atoms with E-state index in [1.807, 2.05) is 12.1 Å². The molecule has 0 spiro atoms. The van der Waals surface area contributed by atoms with Gasteiger partial charge in [0.15, 0.2) is 5.96 Å². The maximum atomic E-state index is 5.54. The van der Waals surface area contributed by atoms with Crippen molar-refractivity contribution in [1.82, 2.24) is 15.5 Å². The Bertz CT molecular complexity index is 447. The summed E-state index contributed by atoms with van der Waals surface area (Å²) in [6.07, 6.45) is 4.37. The monoisotopic (exact) mass is 452 g/mol. The Morgan fingerprint density at radius 1 is 1.48 bits per heavy atom. The molecule has 1 aromatic rings. The number of halogens is 1. The number of hydrogen-bond acceptors (Lipinski definition) is 4. The fraction of sp³-hybridized carbons (Fsp3) is 0.688. The first-order chi connectivity index (χ1) is 10.7. The van der Waals surface area contributed by atoms with Crippen molar-refractivity contribution in [3.8, 4) is 0 Å². The van der Waals surface area contributed by atoms with Crippen LogP contribution in [0.1, 0.15) is 31.6 Å². The minimum absolute atomic E-state index is 0. The van der Waals surface area contributed by atoms with Crippen molar-refractivity contribution in [2.45, 2.75) is 31.1 Å². The van der Waals surface area contributed by atoms with E-state index in [0.29, 0.717) is 6.54 Å². The number of guanidine groups is 1. The van der Waals surface area contributed by atoms with Crippen LogP contribution in [0.4, 0.5) is 0 Å². The molecule has 2 heterocycles. The molecule has 0 aromatic carbocycles. The van der Waals surface area contributed by atoms with Gasteiger partial charge in [0.05, 0.1) is 18.8 Å². The molecule has 23 heavy (non-hydrogen) atoms. The summed E-state index contributed by atoms with van der Waals surface area (Å²) in [5.74, 6) is 3.14. The third kappa shape index (κ3) is 6.93. The van der Waals surface area contributed by atoms with Crippen LogP contribution in [-0.2, 0) is 0 Å². The zero-order valence-electron chi connectivity index (χ0n) is 14.2. The van der Waals surface area contributed by atoms with Crippen LogP contribution in [-0.4, -0.2) is 55.6 Å². The highest BCUT2D eigenvalue weighted by atomic mass is 127. The SMILES string of the molecule is CCNC(=NCC(c1ccco1)N(C)C)NCC1CCCS1.I. The molecule has 2 rings (SSSR count). The van der Waals surface area contributed by atoms with E-state index < -0.39 is 0 Å². The Kier molecular flexibility index (Phi) is 10.0. The number of likely N-dealkylation sites (N-methyl/N-ethyl adjacent to an activating group) is 1. The third-order valence-corrected chi connectivity index (χ3v) is 5.18. The van der Waals surface area contributed by atoms with E-state index in [-0.39, 0.29) is 30.0 Å². The summed E-state index contributed by atoms with van der Waals surface area (Å²) in [7, 11) is 4.11. The summed E-state index contributed by atoms with van der Waals surface area (Å²) in [5, 5.41) is 7.52. The second kappa shape index (κ2) is 11.2. The van der Waals surface area contributed by atoms with Gasteiger partial charge in [-0.25, -0.2) is 0 Å². The molecule has 2 atom stereocenters. The lowest BCUT2D eigenvalue weighted by molar-refractivity contribution is 0.265. The summed E-state index contributed by atoms with van der Waals surface area (Å²) in [4.78, 5) is 6.87. The van der Waals surface area contributed by atoms with Gasteiger partial charge in [-0.05, 0) is 51.7 Å². The van der Waals surface area contributed by atoms with Gasteiger partial charge in [0.1, 0.15) is 5.76 Å². The fourth-order valence-electron chi connectivity index (χ4n) is 2.52. The van der Waals surface area contributed by atoms with Gasteiger partial charge in [-0.1, -0.05) is 0 Å². The van der Waals surface area contributed by atoms with E-state index in [2.05, 4.69) is 48.3 Å². The molecule has 0 amide bonds. The van der Waals surface area contributed by atoms with Crippen LogP contribution >= 0.6 is 35.7 Å². The van der Waals surface area contributed by atoms with Gasteiger partial charge in [-0.15, -0.1) is 24.0 Å². The van der Waals surface area contributed by atoms with Gasteiger partial charge in [-0.2, -0.15) is 11.8 Å². The van der Waals surface area contributed by atoms with E-state index in [9.17, 15) is 0 Å². The molecule has 0 aliphatic carbocycles. The number of rotatable bonds is 7. The minimum atomic E-state index is 0. The second-order valence-electron chi connectivity index (χ2n) is 5.73. The third-order valence-electron chi connectivity index (χ3n) is 3.78. The van der Waals surface area contributed by atoms with Gasteiger partial charge in [-0.3, -0.25) is 9.89 Å². The predicted molar refractivity (Wildman–Crippen MR) is 110 cm³/mol. The first kappa shape index (κ1) is 20.6. The van der Waals surface area contributed by atoms with Crippen molar-refractivity contribution in [2.75, 3.05) is 39.5 Å². The van der Waals surface area contributed by atoms with Gasteiger partial charge in [0.2, 0.25) is 0 Å². The Balaban J connectivity index is 0.00000264. The second-order valence-corrected chi connectivity index (χ2v) is 7.14. The van der Waals surface area contributed by atoms with E-state index in [4.69, 9.17) is 9.41 Å². The maximum absolute atomic E-state index is 5.54. The smallest absolute Gasteiger partial charge is 0.191 e. The number of aliphatic imine (C=N–C) groups is 1. The normalized spacial score (nSPS) is 19.5. The maximum Gasteiger partial charge on any atom is 0.191 e. The molecular formula is C16H29IN4OS. The summed E-state index contributed by atoms with van der Waals surface area (Å²) in [6, 6.07) is 4.10. The number of nitrogens with one attached hydrogen (secondary N) is 2. The summed E-state index contributed by atoms with van der Waals surface area (Å²) in [5.41, 5.74) is 0. The molecule has 7 heteroatoms. The molecule has 2 unspecified atom stereocenters. The zero-order chi connectivity index (χ0) is 15.8. The number of hydrogen-bond donors (Lipinski definition) is 2. The highest BCUT2D eigenvalue weighted by Gasteiger charge is 2.18. The highest BCUT2D eigenvalue weighted by molar-refractivity contribution is 14.0. The molecule has 132 valence electrons. The van der Waals surface area contributed by atoms with Crippen LogP contribution in [0.5, 0.6) is 0 Å². The Labute approximate surface area is 161 Å². The number of furan rings is 1. The molecule has 1 aromatic heterocycles. The van der Waals surface area contributed by atoms with Crippen molar-refractivity contribution < 1.29 is 4.42 Å². The van der Waals surface area contributed by atoms with E-state index in [1.165, 1.54) is 18.6 Å². The first-order valence-corrected chi connectivity index (χ1v) is 9.09. The van der Waals surface area contributed by atoms with Crippen molar-refractivity contribution in [1.29, 1.82) is 0 Å². The predicted octanol–water partition coefficient (Wildman–Crippen LogP) is 2.95. The van der Waals surface area contributed by atoms with E-state index in [1.54, 1.807) is 6.26 Å². The van der Waals surface area contributed by atoms with Gasteiger partial charge in [0.25, 0.3) is 0 Å². The molecule has 0 bridgehead atoms. The summed E-state index contributed by atoms with van der Waals surface area (Å²) >= 11 is 2.06. The lowest BCUT2D eigenvalue weighted by atomic mass is 10.2. The van der Waals surface area contributed by atoms with Gasteiger partial charge < -0.3 is 15.1 Å². The van der Waals surface area contributed by atoms with Crippen LogP contribution in [0, 0.1) is 0 Å². The average Bonchev–Trinajstić information content (AvgIpc) is 3.18.